The number of aliphatic hydroxyl groups is 1. The highest BCUT2D eigenvalue weighted by Gasteiger charge is 2.36. The highest BCUT2D eigenvalue weighted by Crippen LogP contribution is 2.45. The fourth-order valence-electron chi connectivity index (χ4n) is 4.25. The van der Waals surface area contributed by atoms with Crippen LogP contribution in [0.4, 0.5) is 0 Å². The standard InChI is InChI=1S/C26H20N2O3/c1-31-22-14-8-7-13-19(22)24-20(16-9-3-2-4-10-16)15-21(27-28-24)23-25(29)17-11-5-6-12-18(17)26(23)30/h2-15,20,24,29H,1H3/t20-,24+/m0/s1. The third kappa shape index (κ3) is 3.15. The summed E-state index contributed by atoms with van der Waals surface area (Å²) in [6, 6.07) is 24.4. The highest BCUT2D eigenvalue weighted by molar-refractivity contribution is 6.22. The molecule has 0 bridgehead atoms. The molecule has 31 heavy (non-hydrogen) atoms. The maximum absolute atomic E-state index is 13.0. The van der Waals surface area contributed by atoms with Crippen molar-refractivity contribution in [3.63, 3.8) is 0 Å². The van der Waals surface area contributed by atoms with E-state index in [1.165, 1.54) is 0 Å². The molecule has 5 rings (SSSR count). The molecular weight excluding hydrogens is 388 g/mol. The van der Waals surface area contributed by atoms with Crippen molar-refractivity contribution in [2.75, 3.05) is 7.11 Å². The summed E-state index contributed by atoms with van der Waals surface area (Å²) in [7, 11) is 1.63. The minimum atomic E-state index is -0.316. The minimum Gasteiger partial charge on any atom is -0.506 e. The Morgan fingerprint density at radius 1 is 0.871 bits per heavy atom. The lowest BCUT2D eigenvalue weighted by molar-refractivity contribution is 0.103. The average Bonchev–Trinajstić information content (AvgIpc) is 3.09. The Kier molecular flexibility index (Phi) is 4.71. The zero-order valence-electron chi connectivity index (χ0n) is 16.9. The van der Waals surface area contributed by atoms with Gasteiger partial charge in [-0.3, -0.25) is 4.79 Å². The van der Waals surface area contributed by atoms with Gasteiger partial charge in [0.1, 0.15) is 17.6 Å². The van der Waals surface area contributed by atoms with Crippen molar-refractivity contribution < 1.29 is 14.6 Å². The smallest absolute Gasteiger partial charge is 0.199 e. The predicted molar refractivity (Wildman–Crippen MR) is 118 cm³/mol. The van der Waals surface area contributed by atoms with Crippen LogP contribution in [0.25, 0.3) is 5.76 Å². The summed E-state index contributed by atoms with van der Waals surface area (Å²) in [5.41, 5.74) is 3.55. The SMILES string of the molecule is COc1ccccc1[C@H]1N=NC(C2=C(O)c3ccccc3C2=O)=C[C@H]1c1ccccc1. The van der Waals surface area contributed by atoms with Crippen LogP contribution in [-0.2, 0) is 0 Å². The van der Waals surface area contributed by atoms with Crippen molar-refractivity contribution in [1.82, 2.24) is 0 Å². The average molecular weight is 408 g/mol. The number of carbonyl (C=O) groups is 1. The van der Waals surface area contributed by atoms with E-state index in [0.29, 0.717) is 16.8 Å². The van der Waals surface area contributed by atoms with E-state index in [1.54, 1.807) is 31.4 Å². The van der Waals surface area contributed by atoms with Gasteiger partial charge in [-0.15, -0.1) is 0 Å². The minimum absolute atomic E-state index is 0.0478. The van der Waals surface area contributed by atoms with Crippen LogP contribution in [0.15, 0.2) is 106 Å². The van der Waals surface area contributed by atoms with Crippen LogP contribution < -0.4 is 4.74 Å². The molecular formula is C26H20N2O3. The van der Waals surface area contributed by atoms with Gasteiger partial charge in [-0.1, -0.05) is 72.8 Å². The molecule has 0 aromatic heterocycles. The van der Waals surface area contributed by atoms with Crippen LogP contribution in [0.3, 0.4) is 0 Å². The van der Waals surface area contributed by atoms with Gasteiger partial charge in [-0.2, -0.15) is 10.2 Å². The maximum Gasteiger partial charge on any atom is 0.199 e. The molecule has 0 unspecified atom stereocenters. The molecule has 3 aromatic rings. The molecule has 0 saturated carbocycles. The van der Waals surface area contributed by atoms with Crippen molar-refractivity contribution in [3.8, 4) is 5.75 Å². The second-order valence-corrected chi connectivity index (χ2v) is 7.49. The first-order valence-electron chi connectivity index (χ1n) is 10.1. The normalized spacial score (nSPS) is 19.9. The number of hydrogen-bond donors (Lipinski definition) is 1. The summed E-state index contributed by atoms with van der Waals surface area (Å²) < 4.78 is 5.56. The lowest BCUT2D eigenvalue weighted by atomic mass is 9.85. The summed E-state index contributed by atoms with van der Waals surface area (Å²) >= 11 is 0. The van der Waals surface area contributed by atoms with Crippen molar-refractivity contribution in [3.05, 3.63) is 118 Å². The van der Waals surface area contributed by atoms with Crippen molar-refractivity contribution in [2.45, 2.75) is 12.0 Å². The van der Waals surface area contributed by atoms with Crippen molar-refractivity contribution in [2.24, 2.45) is 10.2 Å². The number of hydrogen-bond acceptors (Lipinski definition) is 5. The molecule has 1 aliphatic carbocycles. The van der Waals surface area contributed by atoms with Crippen LogP contribution in [0.5, 0.6) is 5.75 Å². The highest BCUT2D eigenvalue weighted by atomic mass is 16.5. The van der Waals surface area contributed by atoms with Gasteiger partial charge in [-0.05, 0) is 17.7 Å². The molecule has 0 saturated heterocycles. The van der Waals surface area contributed by atoms with Gasteiger partial charge in [0.15, 0.2) is 5.78 Å². The molecule has 3 aromatic carbocycles. The number of Topliss-reactive ketones (excluding diaryl/α,β-unsaturated/α-hetero) is 1. The molecule has 0 fully saturated rings. The summed E-state index contributed by atoms with van der Waals surface area (Å²) in [6.07, 6.45) is 1.93. The van der Waals surface area contributed by atoms with Crippen LogP contribution >= 0.6 is 0 Å². The number of azo groups is 1. The van der Waals surface area contributed by atoms with Gasteiger partial charge in [-0.25, -0.2) is 0 Å². The number of benzene rings is 3. The van der Waals surface area contributed by atoms with E-state index in [2.05, 4.69) is 10.2 Å². The maximum atomic E-state index is 13.0. The number of methoxy groups -OCH3 is 1. The Labute approximate surface area is 180 Å². The van der Waals surface area contributed by atoms with Crippen LogP contribution in [-0.4, -0.2) is 18.0 Å². The Hall–Kier alpha value is -3.99. The van der Waals surface area contributed by atoms with E-state index in [4.69, 9.17) is 4.74 Å². The number of nitrogens with zero attached hydrogens (tertiary/aromatic N) is 2. The summed E-state index contributed by atoms with van der Waals surface area (Å²) in [5, 5.41) is 19.8. The third-order valence-corrected chi connectivity index (χ3v) is 5.76. The molecule has 1 aliphatic heterocycles. The molecule has 0 spiro atoms. The summed E-state index contributed by atoms with van der Waals surface area (Å²) in [5.74, 6) is 0.270. The van der Waals surface area contributed by atoms with Gasteiger partial charge >= 0.3 is 0 Å². The molecule has 2 atom stereocenters. The lowest BCUT2D eigenvalue weighted by Crippen LogP contribution is -2.14. The van der Waals surface area contributed by atoms with Crippen LogP contribution in [0.1, 0.15) is 39.0 Å². The Bertz CT molecular complexity index is 1260. The number of ketones is 1. The Morgan fingerprint density at radius 2 is 1.55 bits per heavy atom. The number of rotatable bonds is 4. The van der Waals surface area contributed by atoms with E-state index < -0.39 is 0 Å². The molecule has 0 radical (unpaired) electrons. The van der Waals surface area contributed by atoms with E-state index in [1.807, 2.05) is 60.7 Å². The number of ether oxygens (including phenoxy) is 1. The molecule has 2 aliphatic rings. The number of aliphatic hydroxyl groups excluding tert-OH is 1. The number of carbonyl (C=O) groups excluding carboxylic acids is 1. The van der Waals surface area contributed by atoms with E-state index in [-0.39, 0.29) is 29.1 Å². The van der Waals surface area contributed by atoms with Crippen molar-refractivity contribution >= 4 is 11.5 Å². The van der Waals surface area contributed by atoms with Gasteiger partial charge in [0.2, 0.25) is 0 Å². The largest absolute Gasteiger partial charge is 0.506 e. The van der Waals surface area contributed by atoms with E-state index in [9.17, 15) is 9.90 Å². The van der Waals surface area contributed by atoms with E-state index >= 15 is 0 Å². The van der Waals surface area contributed by atoms with Crippen molar-refractivity contribution in [1.29, 1.82) is 0 Å². The predicted octanol–water partition coefficient (Wildman–Crippen LogP) is 6.04. The Balaban J connectivity index is 1.63. The Morgan fingerprint density at radius 3 is 2.29 bits per heavy atom. The zero-order chi connectivity index (χ0) is 21.4. The van der Waals surface area contributed by atoms with Gasteiger partial charge < -0.3 is 9.84 Å². The van der Waals surface area contributed by atoms with Crippen LogP contribution in [0.2, 0.25) is 0 Å². The zero-order valence-corrected chi connectivity index (χ0v) is 16.9. The second kappa shape index (κ2) is 7.69. The fourth-order valence-corrected chi connectivity index (χ4v) is 4.25. The first-order valence-corrected chi connectivity index (χ1v) is 10.1. The quantitative estimate of drug-likeness (QED) is 0.572. The molecule has 0 amide bonds. The molecule has 5 nitrogen and oxygen atoms in total. The topological polar surface area (TPSA) is 71.2 Å². The molecule has 1 N–H and O–H groups in total. The first kappa shape index (κ1) is 19.0. The third-order valence-electron chi connectivity index (χ3n) is 5.76. The first-order chi connectivity index (χ1) is 15.2. The molecule has 152 valence electrons. The summed E-state index contributed by atoms with van der Waals surface area (Å²) in [4.78, 5) is 13.0. The van der Waals surface area contributed by atoms with Gasteiger partial charge in [0, 0.05) is 22.6 Å². The monoisotopic (exact) mass is 408 g/mol. The van der Waals surface area contributed by atoms with E-state index in [0.717, 1.165) is 16.9 Å². The number of fused-ring (bicyclic) bond motifs is 1. The number of allylic oxidation sites excluding steroid dienone is 1. The lowest BCUT2D eigenvalue weighted by Gasteiger charge is -2.26. The molecule has 5 heteroatoms. The second-order valence-electron chi connectivity index (χ2n) is 7.49. The van der Waals surface area contributed by atoms with Gasteiger partial charge in [0.25, 0.3) is 0 Å². The van der Waals surface area contributed by atoms with Gasteiger partial charge in [0.05, 0.1) is 18.4 Å². The molecule has 1 heterocycles. The summed E-state index contributed by atoms with van der Waals surface area (Å²) in [6.45, 7) is 0. The van der Waals surface area contributed by atoms with Crippen LogP contribution in [0, 0.1) is 0 Å². The fraction of sp³-hybridized carbons (Fsp3) is 0.115. The number of para-hydroxylation sites is 1.